The molecule has 0 unspecified atom stereocenters. The van der Waals surface area contributed by atoms with Gasteiger partial charge in [0.15, 0.2) is 0 Å². The molecule has 0 amide bonds. The maximum absolute atomic E-state index is 4.47. The van der Waals surface area contributed by atoms with E-state index in [1.807, 2.05) is 76.0 Å². The molecule has 0 atom stereocenters. The standard InChI is InChI=1S/C14H24N10S3/c1-21(2)9-15-10(22(3)4)18-13(17-9)25-27-26-14-19-11(23(5)6)16-12(20-14)24(7)8/h1-8H3. The summed E-state index contributed by atoms with van der Waals surface area (Å²) < 4.78 is 0. The summed E-state index contributed by atoms with van der Waals surface area (Å²) in [7, 11) is 19.6. The molecule has 0 aromatic carbocycles. The SMILES string of the molecule is CN(C)c1nc(SSSc2nc(N(C)C)nc(N(C)C)n2)nc(N(C)C)n1. The van der Waals surface area contributed by atoms with Gasteiger partial charge in [0.25, 0.3) is 0 Å². The van der Waals surface area contributed by atoms with Crippen molar-refractivity contribution >= 4 is 55.2 Å². The van der Waals surface area contributed by atoms with E-state index in [1.54, 1.807) is 0 Å². The minimum Gasteiger partial charge on any atom is -0.347 e. The number of hydrogen-bond donors (Lipinski definition) is 0. The quantitative estimate of drug-likeness (QED) is 0.572. The van der Waals surface area contributed by atoms with Crippen molar-refractivity contribution in [2.45, 2.75) is 10.3 Å². The van der Waals surface area contributed by atoms with Gasteiger partial charge in [-0.1, -0.05) is 0 Å². The molecule has 148 valence electrons. The van der Waals surface area contributed by atoms with Crippen LogP contribution in [0.25, 0.3) is 0 Å². The molecular weight excluding hydrogens is 404 g/mol. The molecule has 0 aliphatic carbocycles. The van der Waals surface area contributed by atoms with Crippen LogP contribution in [-0.2, 0) is 0 Å². The van der Waals surface area contributed by atoms with Crippen molar-refractivity contribution in [3.8, 4) is 0 Å². The van der Waals surface area contributed by atoms with Crippen LogP contribution in [0.4, 0.5) is 23.8 Å². The molecule has 2 rings (SSSR count). The van der Waals surface area contributed by atoms with E-state index in [0.717, 1.165) is 0 Å². The molecule has 27 heavy (non-hydrogen) atoms. The lowest BCUT2D eigenvalue weighted by atomic mass is 10.7. The zero-order chi connectivity index (χ0) is 20.1. The van der Waals surface area contributed by atoms with Crippen LogP contribution in [0.5, 0.6) is 0 Å². The molecule has 0 saturated heterocycles. The first kappa shape index (κ1) is 21.6. The second kappa shape index (κ2) is 9.46. The van der Waals surface area contributed by atoms with Crippen molar-refractivity contribution in [3.05, 3.63) is 0 Å². The van der Waals surface area contributed by atoms with Gasteiger partial charge in [0.05, 0.1) is 0 Å². The van der Waals surface area contributed by atoms with Crippen molar-refractivity contribution in [1.29, 1.82) is 0 Å². The highest BCUT2D eigenvalue weighted by Crippen LogP contribution is 2.42. The minimum atomic E-state index is 0.617. The van der Waals surface area contributed by atoms with Gasteiger partial charge in [-0.2, -0.15) is 29.9 Å². The molecule has 0 radical (unpaired) electrons. The van der Waals surface area contributed by atoms with Crippen molar-refractivity contribution in [3.63, 3.8) is 0 Å². The predicted molar refractivity (Wildman–Crippen MR) is 116 cm³/mol. The van der Waals surface area contributed by atoms with Gasteiger partial charge in [-0.05, 0) is 31.4 Å². The molecule has 0 fully saturated rings. The molecule has 0 spiro atoms. The minimum absolute atomic E-state index is 0.617. The number of nitrogens with zero attached hydrogens (tertiary/aromatic N) is 10. The van der Waals surface area contributed by atoms with Crippen LogP contribution < -0.4 is 19.6 Å². The van der Waals surface area contributed by atoms with Crippen LogP contribution in [0.1, 0.15) is 0 Å². The van der Waals surface area contributed by atoms with E-state index in [-0.39, 0.29) is 0 Å². The first-order chi connectivity index (χ1) is 12.7. The maximum atomic E-state index is 4.47. The lowest BCUT2D eigenvalue weighted by molar-refractivity contribution is 0.842. The summed E-state index contributed by atoms with van der Waals surface area (Å²) in [6.45, 7) is 0. The van der Waals surface area contributed by atoms with Gasteiger partial charge in [-0.3, -0.25) is 0 Å². The Morgan fingerprint density at radius 3 is 0.926 bits per heavy atom. The topological polar surface area (TPSA) is 90.3 Å². The second-order valence-electron chi connectivity index (χ2n) is 6.25. The predicted octanol–water partition coefficient (Wildman–Crippen LogP) is 1.77. The third-order valence-corrected chi connectivity index (χ3v) is 6.33. The van der Waals surface area contributed by atoms with E-state index in [1.165, 1.54) is 31.4 Å². The van der Waals surface area contributed by atoms with Crippen LogP contribution >= 0.6 is 31.4 Å². The van der Waals surface area contributed by atoms with Gasteiger partial charge in [0.2, 0.25) is 34.1 Å². The summed E-state index contributed by atoms with van der Waals surface area (Å²) in [5.41, 5.74) is 0. The highest BCUT2D eigenvalue weighted by atomic mass is 33.5. The van der Waals surface area contributed by atoms with Crippen molar-refractivity contribution in [2.24, 2.45) is 0 Å². The molecule has 0 bridgehead atoms. The average Bonchev–Trinajstić information content (AvgIpc) is 2.61. The van der Waals surface area contributed by atoms with E-state index in [9.17, 15) is 0 Å². The normalized spacial score (nSPS) is 10.7. The number of aromatic nitrogens is 6. The Hall–Kier alpha value is -1.73. The maximum Gasteiger partial charge on any atom is 0.230 e. The smallest absolute Gasteiger partial charge is 0.230 e. The molecule has 2 aromatic rings. The molecule has 2 aromatic heterocycles. The fourth-order valence-electron chi connectivity index (χ4n) is 1.62. The summed E-state index contributed by atoms with van der Waals surface area (Å²) in [5.74, 6) is 2.47. The Morgan fingerprint density at radius 2 is 0.704 bits per heavy atom. The first-order valence-electron chi connectivity index (χ1n) is 7.90. The van der Waals surface area contributed by atoms with Gasteiger partial charge in [-0.25, -0.2) is 0 Å². The van der Waals surface area contributed by atoms with E-state index < -0.39 is 0 Å². The van der Waals surface area contributed by atoms with Crippen molar-refractivity contribution in [2.75, 3.05) is 76.0 Å². The van der Waals surface area contributed by atoms with Gasteiger partial charge in [0, 0.05) is 56.4 Å². The van der Waals surface area contributed by atoms with E-state index >= 15 is 0 Å². The Kier molecular flexibility index (Phi) is 7.56. The Morgan fingerprint density at radius 1 is 0.444 bits per heavy atom. The van der Waals surface area contributed by atoms with Gasteiger partial charge in [-0.15, -0.1) is 0 Å². The molecule has 10 nitrogen and oxygen atoms in total. The Balaban J connectivity index is 2.14. The molecule has 0 N–H and O–H groups in total. The average molecular weight is 429 g/mol. The third kappa shape index (κ3) is 6.14. The lowest BCUT2D eigenvalue weighted by Crippen LogP contribution is -2.19. The zero-order valence-electron chi connectivity index (χ0n) is 16.7. The van der Waals surface area contributed by atoms with E-state index in [4.69, 9.17) is 0 Å². The van der Waals surface area contributed by atoms with Gasteiger partial charge >= 0.3 is 0 Å². The van der Waals surface area contributed by atoms with Crippen molar-refractivity contribution < 1.29 is 0 Å². The number of hydrogen-bond acceptors (Lipinski definition) is 13. The zero-order valence-corrected chi connectivity index (χ0v) is 19.1. The fourth-order valence-corrected chi connectivity index (χ4v) is 4.57. The second-order valence-corrected chi connectivity index (χ2v) is 10.1. The fraction of sp³-hybridized carbons (Fsp3) is 0.571. The third-order valence-electron chi connectivity index (χ3n) is 3.00. The van der Waals surface area contributed by atoms with Crippen LogP contribution in [0.3, 0.4) is 0 Å². The Labute approximate surface area is 171 Å². The largest absolute Gasteiger partial charge is 0.347 e. The van der Waals surface area contributed by atoms with E-state index in [2.05, 4.69) is 29.9 Å². The highest BCUT2D eigenvalue weighted by Gasteiger charge is 2.13. The van der Waals surface area contributed by atoms with Gasteiger partial charge < -0.3 is 19.6 Å². The first-order valence-corrected chi connectivity index (χ1v) is 11.4. The van der Waals surface area contributed by atoms with Crippen molar-refractivity contribution in [1.82, 2.24) is 29.9 Å². The molecule has 0 aliphatic rings. The highest BCUT2D eigenvalue weighted by molar-refractivity contribution is 9.09. The summed E-state index contributed by atoms with van der Waals surface area (Å²) in [5, 5.41) is 1.26. The van der Waals surface area contributed by atoms with Crippen LogP contribution in [0.2, 0.25) is 0 Å². The van der Waals surface area contributed by atoms with Crippen LogP contribution in [0.15, 0.2) is 10.3 Å². The lowest BCUT2D eigenvalue weighted by Gasteiger charge is -2.16. The Bertz CT molecular complexity index is 653. The van der Waals surface area contributed by atoms with Gasteiger partial charge in [0.1, 0.15) is 0 Å². The van der Waals surface area contributed by atoms with E-state index in [0.29, 0.717) is 34.1 Å². The van der Waals surface area contributed by atoms with Crippen LogP contribution in [-0.4, -0.2) is 86.3 Å². The number of anilines is 4. The number of rotatable bonds is 8. The molecular formula is C14H24N10S3. The molecule has 0 aliphatic heterocycles. The summed E-state index contributed by atoms with van der Waals surface area (Å²) >= 11 is 0. The monoisotopic (exact) mass is 428 g/mol. The molecule has 13 heteroatoms. The summed E-state index contributed by atoms with van der Waals surface area (Å²) in [6, 6.07) is 0. The summed E-state index contributed by atoms with van der Waals surface area (Å²) in [6.07, 6.45) is 0. The summed E-state index contributed by atoms with van der Waals surface area (Å²) in [4.78, 5) is 34.2. The molecule has 0 saturated carbocycles. The van der Waals surface area contributed by atoms with Crippen LogP contribution in [0, 0.1) is 0 Å². The molecule has 2 heterocycles.